The van der Waals surface area contributed by atoms with E-state index in [1.54, 1.807) is 16.6 Å². The molecule has 0 aliphatic carbocycles. The molecule has 0 atom stereocenters. The van der Waals surface area contributed by atoms with Gasteiger partial charge in [0.05, 0.1) is 0 Å². The zero-order valence-corrected chi connectivity index (χ0v) is 14.7. The molecule has 5 nitrogen and oxygen atoms in total. The molecule has 0 saturated heterocycles. The maximum Gasteiger partial charge on any atom is 0.254 e. The predicted molar refractivity (Wildman–Crippen MR) is 99.5 cm³/mol. The normalized spacial score (nSPS) is 11.0. The molecule has 0 radical (unpaired) electrons. The molecule has 7 heteroatoms. The van der Waals surface area contributed by atoms with Crippen LogP contribution < -0.4 is 5.32 Å². The summed E-state index contributed by atoms with van der Waals surface area (Å²) in [5.74, 6) is 1.61. The lowest BCUT2D eigenvalue weighted by molar-refractivity contribution is 0.628. The van der Waals surface area contributed by atoms with Crippen LogP contribution in [-0.4, -0.2) is 19.6 Å². The Morgan fingerprint density at radius 2 is 1.77 bits per heavy atom. The molecule has 1 N–H and O–H groups in total. The van der Waals surface area contributed by atoms with Crippen molar-refractivity contribution in [2.45, 2.75) is 13.3 Å². The van der Waals surface area contributed by atoms with Gasteiger partial charge in [-0.05, 0) is 48.9 Å². The SMILES string of the molecule is Cc1cc(Nc2ccc(F)cc2)n2nc(Cc3ccc(Cl)cc3)nc2n1. The Morgan fingerprint density at radius 3 is 2.50 bits per heavy atom. The zero-order valence-electron chi connectivity index (χ0n) is 13.9. The number of hydrogen-bond acceptors (Lipinski definition) is 4. The van der Waals surface area contributed by atoms with Crippen molar-refractivity contribution in [2.75, 3.05) is 5.32 Å². The van der Waals surface area contributed by atoms with Gasteiger partial charge >= 0.3 is 0 Å². The highest BCUT2D eigenvalue weighted by molar-refractivity contribution is 6.30. The average Bonchev–Trinajstić information content (AvgIpc) is 3.01. The van der Waals surface area contributed by atoms with E-state index in [-0.39, 0.29) is 5.82 Å². The first-order valence-electron chi connectivity index (χ1n) is 8.07. The number of nitrogens with one attached hydrogen (secondary N) is 1. The molecule has 0 aliphatic heterocycles. The van der Waals surface area contributed by atoms with Gasteiger partial charge in [0.15, 0.2) is 5.82 Å². The third-order valence-electron chi connectivity index (χ3n) is 3.88. The van der Waals surface area contributed by atoms with Crippen LogP contribution in [0.15, 0.2) is 54.6 Å². The van der Waals surface area contributed by atoms with E-state index in [0.29, 0.717) is 28.9 Å². The summed E-state index contributed by atoms with van der Waals surface area (Å²) in [5.41, 5.74) is 2.63. The molecule has 0 amide bonds. The third kappa shape index (κ3) is 3.50. The highest BCUT2D eigenvalue weighted by Gasteiger charge is 2.11. The first-order valence-corrected chi connectivity index (χ1v) is 8.45. The van der Waals surface area contributed by atoms with Crippen molar-refractivity contribution in [1.29, 1.82) is 0 Å². The fourth-order valence-corrected chi connectivity index (χ4v) is 2.78. The van der Waals surface area contributed by atoms with Crippen molar-refractivity contribution >= 4 is 28.9 Å². The minimum absolute atomic E-state index is 0.280. The molecule has 2 aromatic carbocycles. The summed E-state index contributed by atoms with van der Waals surface area (Å²) >= 11 is 5.93. The molecular weight excluding hydrogens is 353 g/mol. The van der Waals surface area contributed by atoms with Gasteiger partial charge in [0, 0.05) is 28.9 Å². The number of aryl methyl sites for hydroxylation is 1. The van der Waals surface area contributed by atoms with Crippen LogP contribution in [0.1, 0.15) is 17.1 Å². The number of anilines is 2. The van der Waals surface area contributed by atoms with E-state index < -0.39 is 0 Å². The number of aromatic nitrogens is 4. The average molecular weight is 368 g/mol. The molecule has 130 valence electrons. The summed E-state index contributed by atoms with van der Waals surface area (Å²) < 4.78 is 14.8. The topological polar surface area (TPSA) is 55.1 Å². The first-order chi connectivity index (χ1) is 12.6. The van der Waals surface area contributed by atoms with Crippen LogP contribution in [0.25, 0.3) is 5.78 Å². The van der Waals surface area contributed by atoms with Gasteiger partial charge in [-0.2, -0.15) is 9.50 Å². The molecule has 2 heterocycles. The molecule has 0 fully saturated rings. The van der Waals surface area contributed by atoms with Crippen molar-refractivity contribution < 1.29 is 4.39 Å². The Balaban J connectivity index is 1.68. The Morgan fingerprint density at radius 1 is 1.04 bits per heavy atom. The quantitative estimate of drug-likeness (QED) is 0.574. The summed E-state index contributed by atoms with van der Waals surface area (Å²) in [6.45, 7) is 1.89. The monoisotopic (exact) mass is 367 g/mol. The molecule has 4 aromatic rings. The van der Waals surface area contributed by atoms with Gasteiger partial charge in [-0.3, -0.25) is 0 Å². The molecule has 4 rings (SSSR count). The van der Waals surface area contributed by atoms with E-state index in [2.05, 4.69) is 20.4 Å². The van der Waals surface area contributed by atoms with Gasteiger partial charge in [-0.1, -0.05) is 23.7 Å². The summed E-state index contributed by atoms with van der Waals surface area (Å²) in [6.07, 6.45) is 0.579. The van der Waals surface area contributed by atoms with Crippen LogP contribution in [0.4, 0.5) is 15.9 Å². The van der Waals surface area contributed by atoms with Crippen LogP contribution in [0.3, 0.4) is 0 Å². The lowest BCUT2D eigenvalue weighted by atomic mass is 10.1. The number of benzene rings is 2. The second-order valence-electron chi connectivity index (χ2n) is 5.96. The van der Waals surface area contributed by atoms with Crippen LogP contribution in [0, 0.1) is 12.7 Å². The van der Waals surface area contributed by atoms with E-state index in [0.717, 1.165) is 16.9 Å². The lowest BCUT2D eigenvalue weighted by Gasteiger charge is -2.08. The highest BCUT2D eigenvalue weighted by Crippen LogP contribution is 2.19. The fourth-order valence-electron chi connectivity index (χ4n) is 2.66. The van der Waals surface area contributed by atoms with Gasteiger partial charge in [0.2, 0.25) is 0 Å². The number of hydrogen-bond donors (Lipinski definition) is 1. The van der Waals surface area contributed by atoms with E-state index in [9.17, 15) is 4.39 Å². The molecule has 26 heavy (non-hydrogen) atoms. The third-order valence-corrected chi connectivity index (χ3v) is 4.13. The maximum absolute atomic E-state index is 13.1. The second-order valence-corrected chi connectivity index (χ2v) is 6.39. The smallest absolute Gasteiger partial charge is 0.254 e. The van der Waals surface area contributed by atoms with Crippen molar-refractivity contribution in [3.8, 4) is 0 Å². The van der Waals surface area contributed by atoms with Crippen LogP contribution in [-0.2, 0) is 6.42 Å². The largest absolute Gasteiger partial charge is 0.340 e. The zero-order chi connectivity index (χ0) is 18.1. The molecule has 0 unspecified atom stereocenters. The Kier molecular flexibility index (Phi) is 4.26. The van der Waals surface area contributed by atoms with Crippen molar-refractivity contribution in [3.63, 3.8) is 0 Å². The van der Waals surface area contributed by atoms with Crippen molar-refractivity contribution in [3.05, 3.63) is 82.5 Å². The van der Waals surface area contributed by atoms with Gasteiger partial charge in [0.1, 0.15) is 11.6 Å². The van der Waals surface area contributed by atoms with E-state index >= 15 is 0 Å². The van der Waals surface area contributed by atoms with Crippen LogP contribution in [0.2, 0.25) is 5.02 Å². The predicted octanol–water partition coefficient (Wildman–Crippen LogP) is 4.56. The molecule has 0 aliphatic rings. The minimum atomic E-state index is -0.280. The van der Waals surface area contributed by atoms with E-state index in [1.165, 1.54) is 12.1 Å². The summed E-state index contributed by atoms with van der Waals surface area (Å²) in [7, 11) is 0. The second kappa shape index (κ2) is 6.72. The molecule has 0 saturated carbocycles. The Labute approximate surface area is 154 Å². The standard InChI is InChI=1S/C19H15ClFN5/c1-12-10-18(23-16-8-6-15(21)7-9-16)26-19(22-12)24-17(25-26)11-13-2-4-14(20)5-3-13/h2-10,23H,11H2,1H3. The van der Waals surface area contributed by atoms with Gasteiger partial charge in [-0.25, -0.2) is 9.37 Å². The van der Waals surface area contributed by atoms with Gasteiger partial charge in [-0.15, -0.1) is 5.10 Å². The Bertz CT molecular complexity index is 1060. The van der Waals surface area contributed by atoms with Gasteiger partial charge in [0.25, 0.3) is 5.78 Å². The summed E-state index contributed by atoms with van der Waals surface area (Å²) in [4.78, 5) is 8.95. The van der Waals surface area contributed by atoms with Crippen LogP contribution >= 0.6 is 11.6 Å². The highest BCUT2D eigenvalue weighted by atomic mass is 35.5. The number of nitrogens with zero attached hydrogens (tertiary/aromatic N) is 4. The number of halogens is 2. The van der Waals surface area contributed by atoms with Crippen molar-refractivity contribution in [2.24, 2.45) is 0 Å². The Hall–Kier alpha value is -2.99. The fraction of sp³-hybridized carbons (Fsp3) is 0.105. The van der Waals surface area contributed by atoms with E-state index in [1.807, 2.05) is 37.3 Å². The van der Waals surface area contributed by atoms with Crippen LogP contribution in [0.5, 0.6) is 0 Å². The van der Waals surface area contributed by atoms with Gasteiger partial charge < -0.3 is 5.32 Å². The van der Waals surface area contributed by atoms with Crippen molar-refractivity contribution in [1.82, 2.24) is 19.6 Å². The molecule has 0 bridgehead atoms. The molecule has 2 aromatic heterocycles. The first kappa shape index (κ1) is 16.5. The summed E-state index contributed by atoms with van der Waals surface area (Å²) in [6, 6.07) is 15.6. The molecule has 0 spiro atoms. The van der Waals surface area contributed by atoms with E-state index in [4.69, 9.17) is 11.6 Å². The molecular formula is C19H15ClFN5. The summed E-state index contributed by atoms with van der Waals surface area (Å²) in [5, 5.41) is 8.49. The maximum atomic E-state index is 13.1. The number of fused-ring (bicyclic) bond motifs is 1. The lowest BCUT2D eigenvalue weighted by Crippen LogP contribution is -2.03. The minimum Gasteiger partial charge on any atom is -0.340 e. The number of rotatable bonds is 4.